The van der Waals surface area contributed by atoms with Crippen molar-refractivity contribution in [3.05, 3.63) is 64.4 Å². The predicted molar refractivity (Wildman–Crippen MR) is 78.3 cm³/mol. The Morgan fingerprint density at radius 1 is 1.00 bits per heavy atom. The lowest BCUT2D eigenvalue weighted by molar-refractivity contribution is 0.486. The summed E-state index contributed by atoms with van der Waals surface area (Å²) in [7, 11) is 0. The van der Waals surface area contributed by atoms with Gasteiger partial charge in [0.15, 0.2) is 0 Å². The average molecular weight is 305 g/mol. The van der Waals surface area contributed by atoms with Crippen molar-refractivity contribution in [2.75, 3.05) is 0 Å². The van der Waals surface area contributed by atoms with Crippen molar-refractivity contribution in [2.24, 2.45) is 0 Å². The van der Waals surface area contributed by atoms with Crippen molar-refractivity contribution in [1.29, 1.82) is 0 Å². The van der Waals surface area contributed by atoms with Crippen LogP contribution in [0.4, 0.5) is 0 Å². The molecule has 1 heterocycles. The van der Waals surface area contributed by atoms with E-state index in [0.717, 1.165) is 10.2 Å². The fourth-order valence-electron chi connectivity index (χ4n) is 1.94. The lowest BCUT2D eigenvalue weighted by Gasteiger charge is -2.20. The molecule has 0 aliphatic rings. The Bertz CT molecular complexity index is 482. The molecule has 2 rings (SSSR count). The highest BCUT2D eigenvalue weighted by Crippen LogP contribution is 2.19. The first-order chi connectivity index (χ1) is 8.66. The van der Waals surface area contributed by atoms with Crippen LogP contribution in [0, 0.1) is 0 Å². The molecule has 1 N–H and O–H groups in total. The van der Waals surface area contributed by atoms with E-state index in [4.69, 9.17) is 0 Å². The third kappa shape index (κ3) is 3.40. The van der Waals surface area contributed by atoms with E-state index in [0.29, 0.717) is 6.04 Å². The lowest BCUT2D eigenvalue weighted by Crippen LogP contribution is -2.23. The fourth-order valence-corrected chi connectivity index (χ4v) is 2.20. The Kier molecular flexibility index (Phi) is 4.50. The fraction of sp³-hybridized carbons (Fsp3) is 0.267. The number of pyridine rings is 1. The lowest BCUT2D eigenvalue weighted by atomic mass is 10.1. The van der Waals surface area contributed by atoms with Crippen molar-refractivity contribution < 1.29 is 0 Å². The molecule has 2 atom stereocenters. The normalized spacial score (nSPS) is 14.2. The van der Waals surface area contributed by atoms with Crippen LogP contribution in [0.25, 0.3) is 0 Å². The molecule has 18 heavy (non-hydrogen) atoms. The first kappa shape index (κ1) is 13.2. The zero-order chi connectivity index (χ0) is 13.0. The van der Waals surface area contributed by atoms with Gasteiger partial charge in [0.1, 0.15) is 0 Å². The molecule has 0 aliphatic heterocycles. The van der Waals surface area contributed by atoms with Crippen molar-refractivity contribution in [3.8, 4) is 0 Å². The molecule has 0 saturated heterocycles. The molecule has 0 bridgehead atoms. The van der Waals surface area contributed by atoms with Crippen molar-refractivity contribution in [2.45, 2.75) is 25.9 Å². The maximum atomic E-state index is 4.37. The van der Waals surface area contributed by atoms with Gasteiger partial charge >= 0.3 is 0 Å². The van der Waals surface area contributed by atoms with Crippen LogP contribution in [-0.4, -0.2) is 4.98 Å². The van der Waals surface area contributed by atoms with Gasteiger partial charge in [-0.2, -0.15) is 0 Å². The minimum atomic E-state index is 0.241. The summed E-state index contributed by atoms with van der Waals surface area (Å²) in [5.41, 5.74) is 2.35. The SMILES string of the molecule is CC(N[C@@H](C)c1ccc(Br)cc1)c1ccccn1. The number of hydrogen-bond donors (Lipinski definition) is 1. The molecule has 94 valence electrons. The second-order valence-corrected chi connectivity index (χ2v) is 5.33. The quantitative estimate of drug-likeness (QED) is 0.913. The summed E-state index contributed by atoms with van der Waals surface area (Å²) in [6, 6.07) is 14.9. The largest absolute Gasteiger partial charge is 0.302 e. The average Bonchev–Trinajstić information content (AvgIpc) is 2.40. The maximum Gasteiger partial charge on any atom is 0.0570 e. The molecule has 0 fully saturated rings. The first-order valence-electron chi connectivity index (χ1n) is 6.09. The standard InChI is InChI=1S/C15H17BrN2/c1-11(13-6-8-14(16)9-7-13)18-12(2)15-5-3-4-10-17-15/h3-12,18H,1-2H3/t11-,12?/m0/s1. The maximum absolute atomic E-state index is 4.37. The van der Waals surface area contributed by atoms with Crippen LogP contribution in [0.1, 0.15) is 37.2 Å². The molecule has 3 heteroatoms. The molecule has 0 saturated carbocycles. The first-order valence-corrected chi connectivity index (χ1v) is 6.88. The molecule has 1 unspecified atom stereocenters. The highest BCUT2D eigenvalue weighted by atomic mass is 79.9. The highest BCUT2D eigenvalue weighted by molar-refractivity contribution is 9.10. The van der Waals surface area contributed by atoms with Crippen LogP contribution in [0.5, 0.6) is 0 Å². The van der Waals surface area contributed by atoms with E-state index in [1.807, 2.05) is 24.4 Å². The molecular formula is C15H17BrN2. The number of nitrogens with one attached hydrogen (secondary N) is 1. The van der Waals surface area contributed by atoms with Gasteiger partial charge < -0.3 is 5.32 Å². The number of aromatic nitrogens is 1. The van der Waals surface area contributed by atoms with Gasteiger partial charge in [0.25, 0.3) is 0 Å². The van der Waals surface area contributed by atoms with Crippen LogP contribution in [0.2, 0.25) is 0 Å². The highest BCUT2D eigenvalue weighted by Gasteiger charge is 2.11. The van der Waals surface area contributed by atoms with E-state index in [-0.39, 0.29) is 6.04 Å². The zero-order valence-corrected chi connectivity index (χ0v) is 12.2. The summed E-state index contributed by atoms with van der Waals surface area (Å²) in [5, 5.41) is 3.55. The Balaban J connectivity index is 2.03. The predicted octanol–water partition coefficient (Wildman–Crippen LogP) is 4.26. The Morgan fingerprint density at radius 3 is 2.33 bits per heavy atom. The third-order valence-corrected chi connectivity index (χ3v) is 3.53. The zero-order valence-electron chi connectivity index (χ0n) is 10.6. The van der Waals surface area contributed by atoms with Crippen LogP contribution < -0.4 is 5.32 Å². The van der Waals surface area contributed by atoms with Gasteiger partial charge in [0.05, 0.1) is 5.69 Å². The van der Waals surface area contributed by atoms with E-state index in [1.165, 1.54) is 5.56 Å². The molecule has 0 aliphatic carbocycles. The van der Waals surface area contributed by atoms with Crippen LogP contribution in [-0.2, 0) is 0 Å². The molecule has 0 spiro atoms. The van der Waals surface area contributed by atoms with Crippen LogP contribution in [0.15, 0.2) is 53.1 Å². The summed E-state index contributed by atoms with van der Waals surface area (Å²) in [6.07, 6.45) is 1.83. The van der Waals surface area contributed by atoms with E-state index in [1.54, 1.807) is 0 Å². The van der Waals surface area contributed by atoms with E-state index < -0.39 is 0 Å². The van der Waals surface area contributed by atoms with Gasteiger partial charge in [0.2, 0.25) is 0 Å². The van der Waals surface area contributed by atoms with Crippen molar-refractivity contribution in [1.82, 2.24) is 10.3 Å². The molecule has 1 aromatic carbocycles. The molecular weight excluding hydrogens is 288 g/mol. The number of nitrogens with zero attached hydrogens (tertiary/aromatic N) is 1. The Labute approximate surface area is 117 Å². The molecule has 2 aromatic rings. The molecule has 0 radical (unpaired) electrons. The Morgan fingerprint density at radius 2 is 1.72 bits per heavy atom. The van der Waals surface area contributed by atoms with Gasteiger partial charge in [-0.25, -0.2) is 0 Å². The van der Waals surface area contributed by atoms with Gasteiger partial charge in [0, 0.05) is 22.8 Å². The molecule has 0 amide bonds. The van der Waals surface area contributed by atoms with E-state index in [9.17, 15) is 0 Å². The van der Waals surface area contributed by atoms with Gasteiger partial charge in [-0.1, -0.05) is 34.1 Å². The Hall–Kier alpha value is -1.19. The van der Waals surface area contributed by atoms with Gasteiger partial charge in [-0.3, -0.25) is 4.98 Å². The molecule has 2 nitrogen and oxygen atoms in total. The minimum absolute atomic E-state index is 0.241. The van der Waals surface area contributed by atoms with Crippen molar-refractivity contribution >= 4 is 15.9 Å². The molecule has 1 aromatic heterocycles. The minimum Gasteiger partial charge on any atom is -0.302 e. The van der Waals surface area contributed by atoms with Gasteiger partial charge in [-0.05, 0) is 43.7 Å². The topological polar surface area (TPSA) is 24.9 Å². The van der Waals surface area contributed by atoms with Crippen molar-refractivity contribution in [3.63, 3.8) is 0 Å². The van der Waals surface area contributed by atoms with Crippen LogP contribution in [0.3, 0.4) is 0 Å². The summed E-state index contributed by atoms with van der Waals surface area (Å²) < 4.78 is 1.11. The second-order valence-electron chi connectivity index (χ2n) is 4.42. The summed E-state index contributed by atoms with van der Waals surface area (Å²) in [5.74, 6) is 0. The summed E-state index contributed by atoms with van der Waals surface area (Å²) in [6.45, 7) is 4.31. The number of rotatable bonds is 4. The number of benzene rings is 1. The number of halogens is 1. The van der Waals surface area contributed by atoms with Gasteiger partial charge in [-0.15, -0.1) is 0 Å². The monoisotopic (exact) mass is 304 g/mol. The van der Waals surface area contributed by atoms with E-state index in [2.05, 4.69) is 64.3 Å². The number of hydrogen-bond acceptors (Lipinski definition) is 2. The smallest absolute Gasteiger partial charge is 0.0570 e. The van der Waals surface area contributed by atoms with E-state index >= 15 is 0 Å². The summed E-state index contributed by atoms with van der Waals surface area (Å²) in [4.78, 5) is 4.37. The second kappa shape index (κ2) is 6.12. The third-order valence-electron chi connectivity index (χ3n) is 3.00. The van der Waals surface area contributed by atoms with Crippen LogP contribution >= 0.6 is 15.9 Å². The summed E-state index contributed by atoms with van der Waals surface area (Å²) >= 11 is 3.45.